The van der Waals surface area contributed by atoms with Crippen molar-refractivity contribution in [1.29, 1.82) is 0 Å². The lowest BCUT2D eigenvalue weighted by Crippen LogP contribution is -1.98. The molecule has 5 nitrogen and oxygen atoms in total. The highest BCUT2D eigenvalue weighted by atomic mass is 16.3. The number of fused-ring (bicyclic) bond motifs is 1. The number of benzene rings is 2. The van der Waals surface area contributed by atoms with Crippen LogP contribution in [0, 0.1) is 11.8 Å². The van der Waals surface area contributed by atoms with Gasteiger partial charge in [0.2, 0.25) is 0 Å². The lowest BCUT2D eigenvalue weighted by molar-refractivity contribution is 0.471. The summed E-state index contributed by atoms with van der Waals surface area (Å²) in [5.41, 5.74) is 3.49. The first-order chi connectivity index (χ1) is 12.8. The molecule has 0 saturated carbocycles. The Morgan fingerprint density at radius 1 is 1.00 bits per heavy atom. The first-order valence-electron chi connectivity index (χ1n) is 8.25. The molecule has 0 unspecified atom stereocenters. The molecule has 0 saturated heterocycles. The highest BCUT2D eigenvalue weighted by molar-refractivity contribution is 5.87. The van der Waals surface area contributed by atoms with Crippen molar-refractivity contribution in [2.45, 2.75) is 13.0 Å². The summed E-state index contributed by atoms with van der Waals surface area (Å²) in [4.78, 5) is 4.43. The Kier molecular flexibility index (Phi) is 4.31. The zero-order valence-electron chi connectivity index (χ0n) is 14.0. The van der Waals surface area contributed by atoms with Crippen LogP contribution < -0.4 is 0 Å². The molecule has 0 bridgehead atoms. The Balaban J connectivity index is 1.62. The van der Waals surface area contributed by atoms with Crippen LogP contribution in [0.25, 0.3) is 10.9 Å². The highest BCUT2D eigenvalue weighted by Gasteiger charge is 2.09. The maximum Gasteiger partial charge on any atom is 0.131 e. The summed E-state index contributed by atoms with van der Waals surface area (Å²) in [6.07, 6.45) is 5.58. The second-order valence-electron chi connectivity index (χ2n) is 5.96. The summed E-state index contributed by atoms with van der Waals surface area (Å²) in [5.74, 6) is 6.56. The lowest BCUT2D eigenvalue weighted by Gasteiger charge is -2.08. The maximum atomic E-state index is 10.6. The lowest BCUT2D eigenvalue weighted by atomic mass is 10.1. The van der Waals surface area contributed by atoms with Gasteiger partial charge in [-0.1, -0.05) is 42.2 Å². The van der Waals surface area contributed by atoms with Gasteiger partial charge in [-0.05, 0) is 23.8 Å². The summed E-state index contributed by atoms with van der Waals surface area (Å²) in [6, 6.07) is 15.8. The first kappa shape index (κ1) is 15.9. The van der Waals surface area contributed by atoms with Crippen LogP contribution in [-0.2, 0) is 13.0 Å². The minimum absolute atomic E-state index is 0.218. The Bertz CT molecular complexity index is 1090. The third kappa shape index (κ3) is 3.40. The topological polar surface area (TPSA) is 63.8 Å². The summed E-state index contributed by atoms with van der Waals surface area (Å²) < 4.78 is 1.78. The summed E-state index contributed by atoms with van der Waals surface area (Å²) in [6.45, 7) is 0.464. The molecule has 2 aromatic carbocycles. The van der Waals surface area contributed by atoms with E-state index in [-0.39, 0.29) is 5.75 Å². The molecule has 4 aromatic rings. The molecule has 0 aliphatic heterocycles. The molecule has 0 atom stereocenters. The number of hydrogen-bond donors (Lipinski definition) is 1. The molecule has 26 heavy (non-hydrogen) atoms. The van der Waals surface area contributed by atoms with Gasteiger partial charge in [-0.2, -0.15) is 0 Å². The summed E-state index contributed by atoms with van der Waals surface area (Å²) >= 11 is 0. The van der Waals surface area contributed by atoms with E-state index in [0.29, 0.717) is 23.9 Å². The van der Waals surface area contributed by atoms with Crippen LogP contribution in [-0.4, -0.2) is 24.9 Å². The summed E-state index contributed by atoms with van der Waals surface area (Å²) in [7, 11) is 0. The molecule has 2 aromatic heterocycles. The van der Waals surface area contributed by atoms with E-state index in [9.17, 15) is 5.11 Å². The van der Waals surface area contributed by atoms with E-state index < -0.39 is 0 Å². The molecule has 0 fully saturated rings. The fourth-order valence-corrected chi connectivity index (χ4v) is 2.76. The average Bonchev–Trinajstić information content (AvgIpc) is 3.18. The average molecular weight is 340 g/mol. The summed E-state index contributed by atoms with van der Waals surface area (Å²) in [5, 5.41) is 18.9. The van der Waals surface area contributed by atoms with Crippen molar-refractivity contribution in [3.63, 3.8) is 0 Å². The smallest absolute Gasteiger partial charge is 0.131 e. The number of aromatic hydroxyl groups is 1. The quantitative estimate of drug-likeness (QED) is 0.582. The molecule has 4 rings (SSSR count). The third-order valence-electron chi connectivity index (χ3n) is 4.10. The SMILES string of the molecule is Oc1c(Cn2cnnc2)cnc2ccc(C#CCc3ccccc3)cc12. The number of pyridine rings is 1. The molecule has 126 valence electrons. The zero-order valence-corrected chi connectivity index (χ0v) is 14.0. The van der Waals surface area contributed by atoms with Gasteiger partial charge in [-0.3, -0.25) is 4.98 Å². The van der Waals surface area contributed by atoms with Crippen molar-refractivity contribution >= 4 is 10.9 Å². The van der Waals surface area contributed by atoms with Crippen LogP contribution in [0.3, 0.4) is 0 Å². The number of nitrogens with zero attached hydrogens (tertiary/aromatic N) is 4. The van der Waals surface area contributed by atoms with Crippen molar-refractivity contribution in [3.8, 4) is 17.6 Å². The molecule has 2 heterocycles. The molecular formula is C21H16N4O. The fourth-order valence-electron chi connectivity index (χ4n) is 2.76. The van der Waals surface area contributed by atoms with Gasteiger partial charge >= 0.3 is 0 Å². The van der Waals surface area contributed by atoms with Crippen LogP contribution in [0.1, 0.15) is 16.7 Å². The molecule has 1 N–H and O–H groups in total. The molecule has 5 heteroatoms. The third-order valence-corrected chi connectivity index (χ3v) is 4.10. The fraction of sp³-hybridized carbons (Fsp3) is 0.0952. The predicted octanol–water partition coefficient (Wildman–Crippen LogP) is 3.17. The molecular weight excluding hydrogens is 324 g/mol. The van der Waals surface area contributed by atoms with E-state index in [0.717, 1.165) is 11.1 Å². The van der Waals surface area contributed by atoms with Crippen molar-refractivity contribution in [2.75, 3.05) is 0 Å². The van der Waals surface area contributed by atoms with Gasteiger partial charge < -0.3 is 9.67 Å². The Labute approximate surface area is 151 Å². The molecule has 0 amide bonds. The maximum absolute atomic E-state index is 10.6. The standard InChI is InChI=1S/C21H16N4O/c26-21-18(13-25-14-23-24-15-25)12-22-20-10-9-17(11-19(20)21)8-4-7-16-5-2-1-3-6-16/h1-3,5-6,9-12,14-15H,7,13H2,(H,22,26). The van der Waals surface area contributed by atoms with Gasteiger partial charge in [-0.25, -0.2) is 0 Å². The van der Waals surface area contributed by atoms with Crippen LogP contribution in [0.15, 0.2) is 67.4 Å². The van der Waals surface area contributed by atoms with E-state index in [1.807, 2.05) is 36.4 Å². The van der Waals surface area contributed by atoms with Crippen LogP contribution in [0.4, 0.5) is 0 Å². The van der Waals surface area contributed by atoms with Crippen molar-refractivity contribution < 1.29 is 5.11 Å². The Morgan fingerprint density at radius 3 is 2.62 bits per heavy atom. The monoisotopic (exact) mass is 340 g/mol. The van der Waals surface area contributed by atoms with E-state index in [1.165, 1.54) is 5.56 Å². The van der Waals surface area contributed by atoms with Crippen LogP contribution in [0.2, 0.25) is 0 Å². The van der Waals surface area contributed by atoms with Gasteiger partial charge in [0.1, 0.15) is 18.4 Å². The van der Waals surface area contributed by atoms with E-state index in [4.69, 9.17) is 0 Å². The van der Waals surface area contributed by atoms with Crippen molar-refractivity contribution in [1.82, 2.24) is 19.7 Å². The Hall–Kier alpha value is -3.65. The van der Waals surface area contributed by atoms with Crippen LogP contribution >= 0.6 is 0 Å². The van der Waals surface area contributed by atoms with Crippen LogP contribution in [0.5, 0.6) is 5.75 Å². The van der Waals surface area contributed by atoms with E-state index in [2.05, 4.69) is 39.2 Å². The van der Waals surface area contributed by atoms with E-state index in [1.54, 1.807) is 23.4 Å². The highest BCUT2D eigenvalue weighted by Crippen LogP contribution is 2.28. The minimum Gasteiger partial charge on any atom is -0.507 e. The Morgan fingerprint density at radius 2 is 1.81 bits per heavy atom. The van der Waals surface area contributed by atoms with Gasteiger partial charge in [-0.15, -0.1) is 10.2 Å². The molecule has 0 aliphatic carbocycles. The first-order valence-corrected chi connectivity index (χ1v) is 8.25. The van der Waals surface area contributed by atoms with Crippen molar-refractivity contribution in [2.24, 2.45) is 0 Å². The second kappa shape index (κ2) is 7.08. The van der Waals surface area contributed by atoms with Gasteiger partial charge in [0.05, 0.1) is 12.1 Å². The molecule has 0 radical (unpaired) electrons. The van der Waals surface area contributed by atoms with Gasteiger partial charge in [0.25, 0.3) is 0 Å². The van der Waals surface area contributed by atoms with Gasteiger partial charge in [0, 0.05) is 29.1 Å². The second-order valence-corrected chi connectivity index (χ2v) is 5.96. The zero-order chi connectivity index (χ0) is 17.8. The predicted molar refractivity (Wildman–Crippen MR) is 99.6 cm³/mol. The molecule has 0 spiro atoms. The normalized spacial score (nSPS) is 10.5. The van der Waals surface area contributed by atoms with E-state index >= 15 is 0 Å². The van der Waals surface area contributed by atoms with Gasteiger partial charge in [0.15, 0.2) is 0 Å². The number of aromatic nitrogens is 4. The largest absolute Gasteiger partial charge is 0.507 e. The van der Waals surface area contributed by atoms with Crippen molar-refractivity contribution in [3.05, 3.63) is 84.1 Å². The molecule has 0 aliphatic rings. The number of hydrogen-bond acceptors (Lipinski definition) is 4. The minimum atomic E-state index is 0.218. The number of rotatable bonds is 3.